The van der Waals surface area contributed by atoms with Gasteiger partial charge in [0.2, 0.25) is 0 Å². The van der Waals surface area contributed by atoms with E-state index in [1.165, 1.54) is 19.2 Å². The molecule has 1 aromatic heterocycles. The number of hydrogen-bond donors (Lipinski definition) is 3. The Morgan fingerprint density at radius 2 is 2.09 bits per heavy atom. The number of ether oxygens (including phenoxy) is 1. The summed E-state index contributed by atoms with van der Waals surface area (Å²) in [4.78, 5) is 14.2. The lowest BCUT2D eigenvalue weighted by atomic mass is 10.0. The zero-order chi connectivity index (χ0) is 16.1. The molecule has 2 atom stereocenters. The largest absolute Gasteiger partial charge is 0.464 e. The van der Waals surface area contributed by atoms with Gasteiger partial charge in [0.25, 0.3) is 0 Å². The van der Waals surface area contributed by atoms with Gasteiger partial charge in [0, 0.05) is 18.8 Å². The van der Waals surface area contributed by atoms with Crippen LogP contribution in [0.5, 0.6) is 0 Å². The molecule has 6 heteroatoms. The summed E-state index contributed by atoms with van der Waals surface area (Å²) < 4.78 is 17.5. The van der Waals surface area contributed by atoms with Gasteiger partial charge in [-0.25, -0.2) is 9.18 Å². The molecule has 0 aliphatic rings. The zero-order valence-corrected chi connectivity index (χ0v) is 12.5. The van der Waals surface area contributed by atoms with Crippen molar-refractivity contribution in [1.82, 2.24) is 10.3 Å². The first-order valence-electron chi connectivity index (χ1n) is 6.93. The van der Waals surface area contributed by atoms with E-state index in [1.807, 2.05) is 6.92 Å². The van der Waals surface area contributed by atoms with Crippen LogP contribution in [0.2, 0.25) is 0 Å². The van der Waals surface area contributed by atoms with Gasteiger partial charge in [-0.1, -0.05) is 12.1 Å². The quantitative estimate of drug-likeness (QED) is 0.715. The Hall–Kier alpha value is -2.18. The van der Waals surface area contributed by atoms with Crippen LogP contribution in [-0.2, 0) is 11.3 Å². The Bertz CT molecular complexity index is 625. The number of carbonyl (C=O) groups is 1. The van der Waals surface area contributed by atoms with E-state index in [0.717, 1.165) is 5.56 Å². The molecule has 0 fully saturated rings. The lowest BCUT2D eigenvalue weighted by Crippen LogP contribution is -2.31. The minimum atomic E-state index is -0.750. The second kappa shape index (κ2) is 7.20. The molecule has 0 spiro atoms. The molecule has 3 N–H and O–H groups in total. The molecular weight excluding hydrogens is 287 g/mol. The Morgan fingerprint density at radius 1 is 1.41 bits per heavy atom. The summed E-state index contributed by atoms with van der Waals surface area (Å²) in [6, 6.07) is 7.21. The molecule has 2 aromatic rings. The molecule has 0 radical (unpaired) electrons. The molecule has 1 aromatic carbocycles. The average Bonchev–Trinajstić information content (AvgIpc) is 3.00. The third-order valence-corrected chi connectivity index (χ3v) is 3.46. The van der Waals surface area contributed by atoms with Gasteiger partial charge in [-0.2, -0.15) is 0 Å². The predicted octanol–water partition coefficient (Wildman–Crippen LogP) is 2.15. The molecule has 118 valence electrons. The highest BCUT2D eigenvalue weighted by Gasteiger charge is 2.16. The first-order valence-corrected chi connectivity index (χ1v) is 6.93. The normalized spacial score (nSPS) is 13.6. The van der Waals surface area contributed by atoms with E-state index in [4.69, 9.17) is 0 Å². The SMILES string of the molecule is COC(=O)c1cc(CNC(C)C(O)c2ccc(F)cc2)c[nH]1. The van der Waals surface area contributed by atoms with Crippen molar-refractivity contribution in [2.24, 2.45) is 0 Å². The van der Waals surface area contributed by atoms with E-state index >= 15 is 0 Å². The number of aliphatic hydroxyl groups is 1. The Kier molecular flexibility index (Phi) is 5.30. The maximum Gasteiger partial charge on any atom is 0.354 e. The lowest BCUT2D eigenvalue weighted by Gasteiger charge is -2.20. The van der Waals surface area contributed by atoms with Crippen LogP contribution >= 0.6 is 0 Å². The number of esters is 1. The molecule has 0 amide bonds. The highest BCUT2D eigenvalue weighted by molar-refractivity contribution is 5.87. The van der Waals surface area contributed by atoms with Gasteiger partial charge >= 0.3 is 5.97 Å². The maximum atomic E-state index is 12.9. The van der Waals surface area contributed by atoms with Gasteiger partial charge < -0.3 is 20.1 Å². The molecule has 0 aliphatic heterocycles. The van der Waals surface area contributed by atoms with Crippen molar-refractivity contribution in [3.8, 4) is 0 Å². The predicted molar refractivity (Wildman–Crippen MR) is 79.8 cm³/mol. The van der Waals surface area contributed by atoms with Crippen LogP contribution in [-0.4, -0.2) is 29.2 Å². The molecule has 0 aliphatic carbocycles. The summed E-state index contributed by atoms with van der Waals surface area (Å²) >= 11 is 0. The fourth-order valence-corrected chi connectivity index (χ4v) is 2.11. The standard InChI is InChI=1S/C16H19FN2O3/c1-10(15(20)12-3-5-13(17)6-4-12)18-8-11-7-14(19-9-11)16(21)22-2/h3-7,9-10,15,18-20H,8H2,1-2H3. The van der Waals surface area contributed by atoms with Crippen LogP contribution in [0.3, 0.4) is 0 Å². The number of halogens is 1. The van der Waals surface area contributed by atoms with E-state index in [0.29, 0.717) is 17.8 Å². The van der Waals surface area contributed by atoms with Crippen LogP contribution in [0.4, 0.5) is 4.39 Å². The van der Waals surface area contributed by atoms with E-state index < -0.39 is 12.1 Å². The van der Waals surface area contributed by atoms with Crippen molar-refractivity contribution in [3.63, 3.8) is 0 Å². The Labute approximate surface area is 128 Å². The second-order valence-electron chi connectivity index (χ2n) is 5.08. The fraction of sp³-hybridized carbons (Fsp3) is 0.312. The summed E-state index contributed by atoms with van der Waals surface area (Å²) in [6.45, 7) is 2.31. The molecule has 5 nitrogen and oxygen atoms in total. The van der Waals surface area contributed by atoms with Gasteiger partial charge in [0.05, 0.1) is 13.2 Å². The smallest absolute Gasteiger partial charge is 0.354 e. The van der Waals surface area contributed by atoms with Crippen molar-refractivity contribution >= 4 is 5.97 Å². The molecule has 22 heavy (non-hydrogen) atoms. The number of hydrogen-bond acceptors (Lipinski definition) is 4. The third-order valence-electron chi connectivity index (χ3n) is 3.46. The minimum absolute atomic E-state index is 0.234. The number of H-pyrrole nitrogens is 1. The summed E-state index contributed by atoms with van der Waals surface area (Å²) in [6.07, 6.45) is 0.954. The van der Waals surface area contributed by atoms with Crippen LogP contribution in [0, 0.1) is 5.82 Å². The highest BCUT2D eigenvalue weighted by atomic mass is 19.1. The molecule has 0 bridgehead atoms. The highest BCUT2D eigenvalue weighted by Crippen LogP contribution is 2.17. The summed E-state index contributed by atoms with van der Waals surface area (Å²) in [7, 11) is 1.32. The van der Waals surface area contributed by atoms with Gasteiger partial charge in [-0.3, -0.25) is 0 Å². The van der Waals surface area contributed by atoms with E-state index in [9.17, 15) is 14.3 Å². The second-order valence-corrected chi connectivity index (χ2v) is 5.08. The maximum absolute atomic E-state index is 12.9. The van der Waals surface area contributed by atoms with Crippen molar-refractivity contribution < 1.29 is 19.0 Å². The monoisotopic (exact) mass is 306 g/mol. The topological polar surface area (TPSA) is 74.3 Å². The van der Waals surface area contributed by atoms with Crippen LogP contribution in [0.1, 0.15) is 34.6 Å². The number of nitrogens with one attached hydrogen (secondary N) is 2. The number of benzene rings is 1. The number of aromatic nitrogens is 1. The molecule has 0 saturated heterocycles. The number of carbonyl (C=O) groups excluding carboxylic acids is 1. The van der Waals surface area contributed by atoms with E-state index in [-0.39, 0.29) is 11.9 Å². The van der Waals surface area contributed by atoms with Crippen molar-refractivity contribution in [1.29, 1.82) is 0 Å². The Morgan fingerprint density at radius 3 is 2.73 bits per heavy atom. The minimum Gasteiger partial charge on any atom is -0.464 e. The molecule has 0 saturated carbocycles. The van der Waals surface area contributed by atoms with Crippen LogP contribution in [0.15, 0.2) is 36.5 Å². The summed E-state index contributed by atoms with van der Waals surface area (Å²) in [5, 5.41) is 13.4. The Balaban J connectivity index is 1.91. The molecule has 1 heterocycles. The van der Waals surface area contributed by atoms with Crippen molar-refractivity contribution in [2.45, 2.75) is 25.6 Å². The lowest BCUT2D eigenvalue weighted by molar-refractivity contribution is 0.0594. The number of aromatic amines is 1. The molecule has 2 rings (SSSR count). The number of aliphatic hydroxyl groups excluding tert-OH is 1. The van der Waals surface area contributed by atoms with Gasteiger partial charge in [0.15, 0.2) is 0 Å². The van der Waals surface area contributed by atoms with E-state index in [2.05, 4.69) is 15.0 Å². The summed E-state index contributed by atoms with van der Waals surface area (Å²) in [5.74, 6) is -0.759. The average molecular weight is 306 g/mol. The zero-order valence-electron chi connectivity index (χ0n) is 12.5. The van der Waals surface area contributed by atoms with Crippen LogP contribution < -0.4 is 5.32 Å². The fourth-order valence-electron chi connectivity index (χ4n) is 2.11. The third kappa shape index (κ3) is 3.93. The van der Waals surface area contributed by atoms with Gasteiger partial charge in [-0.15, -0.1) is 0 Å². The number of methoxy groups -OCH3 is 1. The van der Waals surface area contributed by atoms with Gasteiger partial charge in [-0.05, 0) is 36.2 Å². The van der Waals surface area contributed by atoms with Crippen molar-refractivity contribution in [2.75, 3.05) is 7.11 Å². The number of rotatable bonds is 6. The molecular formula is C16H19FN2O3. The van der Waals surface area contributed by atoms with Crippen molar-refractivity contribution in [3.05, 3.63) is 59.2 Å². The summed E-state index contributed by atoms with van der Waals surface area (Å²) in [5.41, 5.74) is 1.90. The first-order chi connectivity index (χ1) is 10.5. The van der Waals surface area contributed by atoms with Crippen LogP contribution in [0.25, 0.3) is 0 Å². The van der Waals surface area contributed by atoms with E-state index in [1.54, 1.807) is 24.4 Å². The molecule has 2 unspecified atom stereocenters. The first kappa shape index (κ1) is 16.2. The van der Waals surface area contributed by atoms with Gasteiger partial charge in [0.1, 0.15) is 11.5 Å².